The van der Waals surface area contributed by atoms with E-state index in [-0.39, 0.29) is 0 Å². The van der Waals surface area contributed by atoms with Crippen LogP contribution in [0.5, 0.6) is 0 Å². The van der Waals surface area contributed by atoms with Gasteiger partial charge in [-0.3, -0.25) is 0 Å². The average Bonchev–Trinajstić information content (AvgIpc) is 2.74. The van der Waals surface area contributed by atoms with Crippen LogP contribution in [-0.4, -0.2) is 6.04 Å². The zero-order valence-corrected chi connectivity index (χ0v) is 12.5. The normalized spacial score (nSPS) is 18.5. The lowest BCUT2D eigenvalue weighted by Crippen LogP contribution is -2.39. The summed E-state index contributed by atoms with van der Waals surface area (Å²) < 4.78 is 0. The summed E-state index contributed by atoms with van der Waals surface area (Å²) in [7, 11) is 0. The predicted molar refractivity (Wildman–Crippen MR) is 78.9 cm³/mol. The van der Waals surface area contributed by atoms with E-state index in [0.29, 0.717) is 17.5 Å². The van der Waals surface area contributed by atoms with Crippen molar-refractivity contribution in [2.24, 2.45) is 5.41 Å². The van der Waals surface area contributed by atoms with Gasteiger partial charge in [0.2, 0.25) is 0 Å². The summed E-state index contributed by atoms with van der Waals surface area (Å²) in [5.74, 6) is 0. The highest BCUT2D eigenvalue weighted by Gasteiger charge is 2.22. The summed E-state index contributed by atoms with van der Waals surface area (Å²) in [4.78, 5) is 0. The van der Waals surface area contributed by atoms with Crippen molar-refractivity contribution in [3.05, 3.63) is 34.9 Å². The van der Waals surface area contributed by atoms with Crippen LogP contribution in [0.15, 0.2) is 18.2 Å². The van der Waals surface area contributed by atoms with Gasteiger partial charge in [-0.15, -0.1) is 0 Å². The molecule has 0 spiro atoms. The lowest BCUT2D eigenvalue weighted by atomic mass is 9.87. The Kier molecular flexibility index (Phi) is 3.82. The van der Waals surface area contributed by atoms with Gasteiger partial charge in [-0.05, 0) is 55.2 Å². The molecule has 1 nitrogen and oxygen atoms in total. The largest absolute Gasteiger partial charge is 0.307 e. The third kappa shape index (κ3) is 2.95. The number of nitrogens with one attached hydrogen (secondary N) is 1. The lowest BCUT2D eigenvalue weighted by Gasteiger charge is -2.31. The van der Waals surface area contributed by atoms with Crippen LogP contribution in [0, 0.1) is 5.41 Å². The van der Waals surface area contributed by atoms with E-state index in [1.165, 1.54) is 24.8 Å². The van der Waals surface area contributed by atoms with Crippen molar-refractivity contribution < 1.29 is 0 Å². The molecule has 2 rings (SSSR count). The topological polar surface area (TPSA) is 12.0 Å². The van der Waals surface area contributed by atoms with Gasteiger partial charge in [0.25, 0.3) is 0 Å². The first-order valence-electron chi connectivity index (χ1n) is 7.25. The number of hydrogen-bond donors (Lipinski definition) is 1. The molecule has 100 valence electrons. The fourth-order valence-corrected chi connectivity index (χ4v) is 2.58. The molecule has 1 aromatic carbocycles. The standard InChI is InChI=1S/C17H27N/c1-12(18-13(2)17(3,4)5)15-10-9-14-7-6-8-16(14)11-15/h9-13,18H,6-8H2,1-5H3. The average molecular weight is 245 g/mol. The molecule has 1 aromatic rings. The van der Waals surface area contributed by atoms with Gasteiger partial charge in [-0.2, -0.15) is 0 Å². The lowest BCUT2D eigenvalue weighted by molar-refractivity contribution is 0.268. The fraction of sp³-hybridized carbons (Fsp3) is 0.647. The van der Waals surface area contributed by atoms with Gasteiger partial charge >= 0.3 is 0 Å². The zero-order chi connectivity index (χ0) is 13.3. The number of aryl methyl sites for hydroxylation is 2. The Labute approximate surface area is 112 Å². The minimum Gasteiger partial charge on any atom is -0.307 e. The molecular weight excluding hydrogens is 218 g/mol. The van der Waals surface area contributed by atoms with Gasteiger partial charge in [0.1, 0.15) is 0 Å². The highest BCUT2D eigenvalue weighted by atomic mass is 15.0. The molecule has 1 N–H and O–H groups in total. The van der Waals surface area contributed by atoms with E-state index in [1.54, 1.807) is 11.1 Å². The van der Waals surface area contributed by atoms with E-state index < -0.39 is 0 Å². The molecule has 18 heavy (non-hydrogen) atoms. The molecular formula is C17H27N. The van der Waals surface area contributed by atoms with Crippen molar-refractivity contribution in [2.75, 3.05) is 0 Å². The molecule has 0 fully saturated rings. The van der Waals surface area contributed by atoms with Crippen molar-refractivity contribution in [3.8, 4) is 0 Å². The number of fused-ring (bicyclic) bond motifs is 1. The Bertz CT molecular complexity index is 414. The van der Waals surface area contributed by atoms with E-state index in [2.05, 4.69) is 58.1 Å². The Morgan fingerprint density at radius 1 is 1.06 bits per heavy atom. The molecule has 0 radical (unpaired) electrons. The Morgan fingerprint density at radius 3 is 2.39 bits per heavy atom. The summed E-state index contributed by atoms with van der Waals surface area (Å²) in [5.41, 5.74) is 4.89. The van der Waals surface area contributed by atoms with E-state index in [1.807, 2.05) is 0 Å². The van der Waals surface area contributed by atoms with Crippen LogP contribution < -0.4 is 5.32 Å². The zero-order valence-electron chi connectivity index (χ0n) is 12.5. The summed E-state index contributed by atoms with van der Waals surface area (Å²) in [6.07, 6.45) is 3.87. The second kappa shape index (κ2) is 5.05. The summed E-state index contributed by atoms with van der Waals surface area (Å²) in [6.45, 7) is 11.4. The number of rotatable bonds is 3. The van der Waals surface area contributed by atoms with Crippen molar-refractivity contribution >= 4 is 0 Å². The molecule has 0 saturated carbocycles. The van der Waals surface area contributed by atoms with Crippen molar-refractivity contribution in [1.29, 1.82) is 0 Å². The second-order valence-electron chi connectivity index (χ2n) is 6.86. The van der Waals surface area contributed by atoms with Crippen LogP contribution in [0.3, 0.4) is 0 Å². The first-order chi connectivity index (χ1) is 8.38. The maximum absolute atomic E-state index is 3.73. The van der Waals surface area contributed by atoms with Gasteiger partial charge in [0.15, 0.2) is 0 Å². The summed E-state index contributed by atoms with van der Waals surface area (Å²) in [5, 5.41) is 3.73. The van der Waals surface area contributed by atoms with Gasteiger partial charge in [0.05, 0.1) is 0 Å². The van der Waals surface area contributed by atoms with Crippen LogP contribution >= 0.6 is 0 Å². The Balaban J connectivity index is 2.07. The minimum atomic E-state index is 0.311. The molecule has 0 bridgehead atoms. The van der Waals surface area contributed by atoms with Gasteiger partial charge in [0, 0.05) is 12.1 Å². The third-order valence-electron chi connectivity index (χ3n) is 4.42. The fourth-order valence-electron chi connectivity index (χ4n) is 2.58. The van der Waals surface area contributed by atoms with Crippen LogP contribution in [-0.2, 0) is 12.8 Å². The first kappa shape index (κ1) is 13.6. The SMILES string of the molecule is CC(NC(C)C(C)(C)C)c1ccc2c(c1)CCC2. The molecule has 0 aliphatic heterocycles. The van der Waals surface area contributed by atoms with E-state index in [4.69, 9.17) is 0 Å². The van der Waals surface area contributed by atoms with E-state index in [0.717, 1.165) is 0 Å². The van der Waals surface area contributed by atoms with Crippen molar-refractivity contribution in [2.45, 2.75) is 66.0 Å². The predicted octanol–water partition coefficient (Wildman–Crippen LogP) is 4.26. The molecule has 0 saturated heterocycles. The van der Waals surface area contributed by atoms with Gasteiger partial charge < -0.3 is 5.32 Å². The smallest absolute Gasteiger partial charge is 0.0294 e. The third-order valence-corrected chi connectivity index (χ3v) is 4.42. The summed E-state index contributed by atoms with van der Waals surface area (Å²) >= 11 is 0. The van der Waals surface area contributed by atoms with E-state index in [9.17, 15) is 0 Å². The summed E-state index contributed by atoms with van der Waals surface area (Å²) in [6, 6.07) is 8.00. The minimum absolute atomic E-state index is 0.311. The van der Waals surface area contributed by atoms with Crippen LogP contribution in [0.1, 0.15) is 63.8 Å². The van der Waals surface area contributed by atoms with Crippen molar-refractivity contribution in [1.82, 2.24) is 5.32 Å². The maximum Gasteiger partial charge on any atom is 0.0294 e. The van der Waals surface area contributed by atoms with Crippen LogP contribution in [0.4, 0.5) is 0 Å². The highest BCUT2D eigenvalue weighted by Crippen LogP contribution is 2.27. The highest BCUT2D eigenvalue weighted by molar-refractivity contribution is 5.36. The molecule has 0 heterocycles. The van der Waals surface area contributed by atoms with Gasteiger partial charge in [-0.25, -0.2) is 0 Å². The van der Waals surface area contributed by atoms with Crippen LogP contribution in [0.2, 0.25) is 0 Å². The molecule has 1 aliphatic carbocycles. The first-order valence-corrected chi connectivity index (χ1v) is 7.25. The monoisotopic (exact) mass is 245 g/mol. The van der Waals surface area contributed by atoms with Crippen LogP contribution in [0.25, 0.3) is 0 Å². The Morgan fingerprint density at radius 2 is 1.72 bits per heavy atom. The number of hydrogen-bond acceptors (Lipinski definition) is 1. The quantitative estimate of drug-likeness (QED) is 0.839. The molecule has 1 aliphatic rings. The maximum atomic E-state index is 3.73. The Hall–Kier alpha value is -0.820. The molecule has 0 amide bonds. The van der Waals surface area contributed by atoms with E-state index >= 15 is 0 Å². The number of benzene rings is 1. The molecule has 1 heteroatoms. The molecule has 0 aromatic heterocycles. The second-order valence-corrected chi connectivity index (χ2v) is 6.86. The molecule has 2 unspecified atom stereocenters. The van der Waals surface area contributed by atoms with Gasteiger partial charge in [-0.1, -0.05) is 39.0 Å². The van der Waals surface area contributed by atoms with Crippen molar-refractivity contribution in [3.63, 3.8) is 0 Å². The molecule has 2 atom stereocenters.